The number of nitrogens with zero attached hydrogens (tertiary/aromatic N) is 1. The summed E-state index contributed by atoms with van der Waals surface area (Å²) in [5.74, 6) is 0. The zero-order valence-electron chi connectivity index (χ0n) is 10.9. The highest BCUT2D eigenvalue weighted by molar-refractivity contribution is 5.34. The molecule has 3 rings (SSSR count). The van der Waals surface area contributed by atoms with E-state index in [9.17, 15) is 0 Å². The number of aryl methyl sites for hydroxylation is 1. The van der Waals surface area contributed by atoms with Crippen LogP contribution in [0.15, 0.2) is 18.2 Å². The number of fused-ring (bicyclic) bond motifs is 1. The molecule has 0 radical (unpaired) electrons. The van der Waals surface area contributed by atoms with Gasteiger partial charge in [0.2, 0.25) is 0 Å². The fourth-order valence-corrected chi connectivity index (χ4v) is 3.25. The van der Waals surface area contributed by atoms with Crippen molar-refractivity contribution in [2.45, 2.75) is 33.4 Å². The quantitative estimate of drug-likeness (QED) is 0.838. The minimum Gasteiger partial charge on any atom is -0.316 e. The van der Waals surface area contributed by atoms with Crippen LogP contribution in [0.3, 0.4) is 0 Å². The molecule has 2 aliphatic heterocycles. The second-order valence-electron chi connectivity index (χ2n) is 6.15. The fraction of sp³-hybridized carbons (Fsp3) is 0.600. The summed E-state index contributed by atoms with van der Waals surface area (Å²) in [4.78, 5) is 2.61. The predicted octanol–water partition coefficient (Wildman–Crippen LogP) is 2.31. The summed E-state index contributed by atoms with van der Waals surface area (Å²) in [6, 6.07) is 6.89. The number of benzene rings is 1. The minimum absolute atomic E-state index is 0.483. The first-order chi connectivity index (χ1) is 8.15. The van der Waals surface area contributed by atoms with Crippen LogP contribution >= 0.6 is 0 Å². The Hall–Kier alpha value is -0.860. The van der Waals surface area contributed by atoms with E-state index in [0.717, 1.165) is 13.1 Å². The van der Waals surface area contributed by atoms with E-state index in [1.807, 2.05) is 0 Å². The highest BCUT2D eigenvalue weighted by atomic mass is 15.2. The molecule has 0 aliphatic carbocycles. The molecule has 2 nitrogen and oxygen atoms in total. The Balaban J connectivity index is 1.69. The second-order valence-corrected chi connectivity index (χ2v) is 6.15. The average Bonchev–Trinajstić information content (AvgIpc) is 2.84. The lowest BCUT2D eigenvalue weighted by Gasteiger charge is -2.28. The van der Waals surface area contributed by atoms with Gasteiger partial charge in [0.05, 0.1) is 0 Å². The molecule has 0 bridgehead atoms. The van der Waals surface area contributed by atoms with Gasteiger partial charge in [-0.15, -0.1) is 0 Å². The van der Waals surface area contributed by atoms with Gasteiger partial charge in [-0.05, 0) is 36.4 Å². The van der Waals surface area contributed by atoms with Gasteiger partial charge in [0.15, 0.2) is 0 Å². The molecule has 1 N–H and O–H groups in total. The van der Waals surface area contributed by atoms with E-state index < -0.39 is 0 Å². The lowest BCUT2D eigenvalue weighted by Crippen LogP contribution is -2.34. The molecule has 1 unspecified atom stereocenters. The van der Waals surface area contributed by atoms with Crippen molar-refractivity contribution >= 4 is 0 Å². The van der Waals surface area contributed by atoms with E-state index in [0.29, 0.717) is 5.41 Å². The normalized spacial score (nSPS) is 28.6. The molecule has 2 aliphatic rings. The Morgan fingerprint density at radius 1 is 1.29 bits per heavy atom. The van der Waals surface area contributed by atoms with Gasteiger partial charge < -0.3 is 5.32 Å². The van der Waals surface area contributed by atoms with Crippen molar-refractivity contribution < 1.29 is 0 Å². The molecular formula is C15H22N2. The van der Waals surface area contributed by atoms with Crippen molar-refractivity contribution in [2.75, 3.05) is 19.6 Å². The lowest BCUT2D eigenvalue weighted by molar-refractivity contribution is 0.179. The third kappa shape index (κ3) is 2.24. The zero-order valence-corrected chi connectivity index (χ0v) is 10.9. The van der Waals surface area contributed by atoms with Crippen LogP contribution in [0.1, 0.15) is 30.0 Å². The molecule has 1 atom stereocenters. The van der Waals surface area contributed by atoms with Crippen LogP contribution in [0.5, 0.6) is 0 Å². The second kappa shape index (κ2) is 4.11. The Kier molecular flexibility index (Phi) is 2.72. The molecule has 0 amide bonds. The smallest absolute Gasteiger partial charge is 0.0240 e. The molecule has 1 fully saturated rings. The largest absolute Gasteiger partial charge is 0.316 e. The first kappa shape index (κ1) is 11.2. The Morgan fingerprint density at radius 3 is 2.88 bits per heavy atom. The zero-order chi connectivity index (χ0) is 11.9. The highest BCUT2D eigenvalue weighted by Crippen LogP contribution is 2.30. The molecule has 0 spiro atoms. The summed E-state index contributed by atoms with van der Waals surface area (Å²) in [6.45, 7) is 10.5. The lowest BCUT2D eigenvalue weighted by atomic mass is 9.89. The van der Waals surface area contributed by atoms with E-state index in [1.165, 1.54) is 37.2 Å². The summed E-state index contributed by atoms with van der Waals surface area (Å²) >= 11 is 0. The van der Waals surface area contributed by atoms with Gasteiger partial charge in [-0.2, -0.15) is 0 Å². The van der Waals surface area contributed by atoms with Crippen LogP contribution in [-0.4, -0.2) is 24.5 Å². The van der Waals surface area contributed by atoms with Gasteiger partial charge in [0.25, 0.3) is 0 Å². The Morgan fingerprint density at radius 2 is 2.12 bits per heavy atom. The van der Waals surface area contributed by atoms with E-state index in [-0.39, 0.29) is 0 Å². The molecule has 92 valence electrons. The maximum atomic E-state index is 3.49. The predicted molar refractivity (Wildman–Crippen MR) is 70.9 cm³/mol. The third-order valence-electron chi connectivity index (χ3n) is 4.21. The number of nitrogens with one attached hydrogen (secondary N) is 1. The molecule has 0 saturated carbocycles. The maximum Gasteiger partial charge on any atom is 0.0240 e. The average molecular weight is 230 g/mol. The van der Waals surface area contributed by atoms with Crippen LogP contribution in [-0.2, 0) is 13.1 Å². The molecule has 2 heterocycles. The molecule has 0 aromatic heterocycles. The van der Waals surface area contributed by atoms with Crippen molar-refractivity contribution in [2.24, 2.45) is 5.41 Å². The van der Waals surface area contributed by atoms with Crippen molar-refractivity contribution in [3.8, 4) is 0 Å². The van der Waals surface area contributed by atoms with Crippen LogP contribution in [0.2, 0.25) is 0 Å². The Labute approximate surface area is 104 Å². The van der Waals surface area contributed by atoms with Crippen molar-refractivity contribution in [1.29, 1.82) is 0 Å². The summed E-state index contributed by atoms with van der Waals surface area (Å²) in [5.41, 5.74) is 4.95. The van der Waals surface area contributed by atoms with E-state index >= 15 is 0 Å². The van der Waals surface area contributed by atoms with Gasteiger partial charge in [-0.3, -0.25) is 4.90 Å². The SMILES string of the molecule is Cc1ccc2c(c1)CN(CC1(C)CCNC1)C2. The first-order valence-corrected chi connectivity index (χ1v) is 6.66. The standard InChI is InChI=1S/C15H22N2/c1-12-3-4-13-8-17(9-14(13)7-12)11-15(2)5-6-16-10-15/h3-4,7,16H,5-6,8-11H2,1-2H3. The van der Waals surface area contributed by atoms with Crippen molar-refractivity contribution in [1.82, 2.24) is 10.2 Å². The van der Waals surface area contributed by atoms with Crippen molar-refractivity contribution in [3.05, 3.63) is 34.9 Å². The van der Waals surface area contributed by atoms with Gasteiger partial charge in [0, 0.05) is 26.2 Å². The minimum atomic E-state index is 0.483. The third-order valence-corrected chi connectivity index (χ3v) is 4.21. The summed E-state index contributed by atoms with van der Waals surface area (Å²) in [6.07, 6.45) is 1.32. The first-order valence-electron chi connectivity index (χ1n) is 6.66. The van der Waals surface area contributed by atoms with Crippen LogP contribution < -0.4 is 5.32 Å². The van der Waals surface area contributed by atoms with Crippen LogP contribution in [0, 0.1) is 12.3 Å². The molecule has 1 saturated heterocycles. The number of hydrogen-bond acceptors (Lipinski definition) is 2. The summed E-state index contributed by atoms with van der Waals surface area (Å²) < 4.78 is 0. The van der Waals surface area contributed by atoms with Gasteiger partial charge >= 0.3 is 0 Å². The van der Waals surface area contributed by atoms with Crippen LogP contribution in [0.4, 0.5) is 0 Å². The molecule has 17 heavy (non-hydrogen) atoms. The van der Waals surface area contributed by atoms with Gasteiger partial charge in [-0.25, -0.2) is 0 Å². The summed E-state index contributed by atoms with van der Waals surface area (Å²) in [5, 5.41) is 3.49. The summed E-state index contributed by atoms with van der Waals surface area (Å²) in [7, 11) is 0. The van der Waals surface area contributed by atoms with Crippen molar-refractivity contribution in [3.63, 3.8) is 0 Å². The number of rotatable bonds is 2. The van der Waals surface area contributed by atoms with Gasteiger partial charge in [-0.1, -0.05) is 30.7 Å². The highest BCUT2D eigenvalue weighted by Gasteiger charge is 2.32. The molecule has 2 heteroatoms. The van der Waals surface area contributed by atoms with E-state index in [4.69, 9.17) is 0 Å². The van der Waals surface area contributed by atoms with Gasteiger partial charge in [0.1, 0.15) is 0 Å². The van der Waals surface area contributed by atoms with Crippen LogP contribution in [0.25, 0.3) is 0 Å². The van der Waals surface area contributed by atoms with E-state index in [1.54, 1.807) is 5.56 Å². The number of hydrogen-bond donors (Lipinski definition) is 1. The molecule has 1 aromatic rings. The molecular weight excluding hydrogens is 208 g/mol. The Bertz CT molecular complexity index is 419. The topological polar surface area (TPSA) is 15.3 Å². The monoisotopic (exact) mass is 230 g/mol. The molecule has 1 aromatic carbocycles. The maximum absolute atomic E-state index is 3.49. The van der Waals surface area contributed by atoms with E-state index in [2.05, 4.69) is 42.3 Å². The fourth-order valence-electron chi connectivity index (χ4n) is 3.25.